The molecule has 1 atom stereocenters. The van der Waals surface area contributed by atoms with Crippen molar-refractivity contribution in [1.82, 2.24) is 4.72 Å². The van der Waals surface area contributed by atoms with Crippen molar-refractivity contribution in [1.29, 1.82) is 0 Å². The van der Waals surface area contributed by atoms with Gasteiger partial charge < -0.3 is 14.8 Å². The largest absolute Gasteiger partial charge is 0.497 e. The zero-order chi connectivity index (χ0) is 20.0. The predicted molar refractivity (Wildman–Crippen MR) is 104 cm³/mol. The van der Waals surface area contributed by atoms with E-state index in [1.165, 1.54) is 26.4 Å². The Hall–Kier alpha value is -2.58. The van der Waals surface area contributed by atoms with E-state index in [2.05, 4.69) is 10.0 Å². The lowest BCUT2D eigenvalue weighted by atomic mass is 10.2. The molecule has 146 valence electrons. The molecule has 1 unspecified atom stereocenters. The molecular formula is C19H24N2O5S. The van der Waals surface area contributed by atoms with Crippen LogP contribution in [-0.2, 0) is 10.0 Å². The van der Waals surface area contributed by atoms with E-state index in [1.807, 2.05) is 6.92 Å². The van der Waals surface area contributed by atoms with E-state index in [0.29, 0.717) is 29.2 Å². The quantitative estimate of drug-likeness (QED) is 0.720. The molecule has 0 heterocycles. The topological polar surface area (TPSA) is 93.7 Å². The fourth-order valence-corrected chi connectivity index (χ4v) is 3.60. The minimum absolute atomic E-state index is 0.142. The maximum atomic E-state index is 12.5. The number of hydrogen-bond donors (Lipinski definition) is 2. The number of nitrogens with one attached hydrogen (secondary N) is 2. The van der Waals surface area contributed by atoms with Crippen LogP contribution in [0, 0.1) is 0 Å². The Morgan fingerprint density at radius 3 is 2.07 bits per heavy atom. The fraction of sp³-hybridized carbons (Fsp3) is 0.316. The second-order valence-corrected chi connectivity index (χ2v) is 7.72. The Labute approximate surface area is 159 Å². The van der Waals surface area contributed by atoms with Gasteiger partial charge in [-0.15, -0.1) is 0 Å². The number of methoxy groups -OCH3 is 2. The minimum atomic E-state index is -3.58. The van der Waals surface area contributed by atoms with Crippen molar-refractivity contribution >= 4 is 21.6 Å². The summed E-state index contributed by atoms with van der Waals surface area (Å²) in [5.74, 6) is 0.634. The number of rotatable bonds is 8. The van der Waals surface area contributed by atoms with Crippen LogP contribution < -0.4 is 19.5 Å². The second kappa shape index (κ2) is 8.88. The maximum Gasteiger partial charge on any atom is 0.255 e. The summed E-state index contributed by atoms with van der Waals surface area (Å²) in [5, 5.41) is 2.73. The van der Waals surface area contributed by atoms with Gasteiger partial charge in [-0.05, 0) is 49.7 Å². The van der Waals surface area contributed by atoms with Crippen LogP contribution in [0.15, 0.2) is 47.4 Å². The standard InChI is InChI=1S/C19H24N2O5S/c1-5-13(2)21-27(23,24)18-8-6-15(7-9-18)20-19(22)14-10-16(25-3)12-17(11-14)26-4/h6-13,21H,5H2,1-4H3,(H,20,22). The molecule has 2 rings (SSSR count). The van der Waals surface area contributed by atoms with Crippen LogP contribution in [0.5, 0.6) is 11.5 Å². The van der Waals surface area contributed by atoms with Gasteiger partial charge in [0.25, 0.3) is 5.91 Å². The summed E-state index contributed by atoms with van der Waals surface area (Å²) in [6.45, 7) is 3.70. The Bertz CT molecular complexity index is 873. The van der Waals surface area contributed by atoms with E-state index >= 15 is 0 Å². The average Bonchev–Trinajstić information content (AvgIpc) is 2.67. The Morgan fingerprint density at radius 1 is 1.04 bits per heavy atom. The lowest BCUT2D eigenvalue weighted by Crippen LogP contribution is -2.31. The predicted octanol–water partition coefficient (Wildman–Crippen LogP) is 3.03. The van der Waals surface area contributed by atoms with Gasteiger partial charge in [0.15, 0.2) is 0 Å². The van der Waals surface area contributed by atoms with Crippen LogP contribution in [0.4, 0.5) is 5.69 Å². The van der Waals surface area contributed by atoms with Crippen molar-refractivity contribution in [2.75, 3.05) is 19.5 Å². The zero-order valence-corrected chi connectivity index (χ0v) is 16.6. The Morgan fingerprint density at radius 2 is 1.59 bits per heavy atom. The van der Waals surface area contributed by atoms with Gasteiger partial charge in [-0.25, -0.2) is 13.1 Å². The van der Waals surface area contributed by atoms with Crippen LogP contribution >= 0.6 is 0 Å². The highest BCUT2D eigenvalue weighted by atomic mass is 32.2. The Kier molecular flexibility index (Phi) is 6.81. The lowest BCUT2D eigenvalue weighted by molar-refractivity contribution is 0.102. The molecule has 0 spiro atoms. The third-order valence-electron chi connectivity index (χ3n) is 4.00. The van der Waals surface area contributed by atoms with Gasteiger partial charge in [0.2, 0.25) is 10.0 Å². The van der Waals surface area contributed by atoms with Crippen molar-refractivity contribution in [2.24, 2.45) is 0 Å². The van der Waals surface area contributed by atoms with Gasteiger partial charge in [-0.3, -0.25) is 4.79 Å². The molecule has 0 aliphatic carbocycles. The van der Waals surface area contributed by atoms with Crippen LogP contribution in [0.1, 0.15) is 30.6 Å². The molecule has 2 aromatic rings. The number of carbonyl (C=O) groups is 1. The SMILES string of the molecule is CCC(C)NS(=O)(=O)c1ccc(NC(=O)c2cc(OC)cc(OC)c2)cc1. The summed E-state index contributed by atoms with van der Waals surface area (Å²) in [6.07, 6.45) is 0.692. The molecule has 1 amide bonds. The zero-order valence-electron chi connectivity index (χ0n) is 15.8. The van der Waals surface area contributed by atoms with Crippen molar-refractivity contribution in [2.45, 2.75) is 31.2 Å². The summed E-state index contributed by atoms with van der Waals surface area (Å²) in [7, 11) is -0.577. The summed E-state index contributed by atoms with van der Waals surface area (Å²) in [6, 6.07) is 10.7. The molecule has 0 radical (unpaired) electrons. The minimum Gasteiger partial charge on any atom is -0.497 e. The van der Waals surface area contributed by atoms with E-state index in [1.54, 1.807) is 37.3 Å². The summed E-state index contributed by atoms with van der Waals surface area (Å²) in [5.41, 5.74) is 0.839. The molecule has 0 saturated carbocycles. The highest BCUT2D eigenvalue weighted by Gasteiger charge is 2.17. The molecule has 0 saturated heterocycles. The van der Waals surface area contributed by atoms with Crippen molar-refractivity contribution in [3.05, 3.63) is 48.0 Å². The van der Waals surface area contributed by atoms with Gasteiger partial charge in [0, 0.05) is 23.4 Å². The molecule has 2 N–H and O–H groups in total. The van der Waals surface area contributed by atoms with Gasteiger partial charge in [-0.2, -0.15) is 0 Å². The van der Waals surface area contributed by atoms with E-state index in [-0.39, 0.29) is 16.8 Å². The van der Waals surface area contributed by atoms with Crippen LogP contribution in [0.2, 0.25) is 0 Å². The third kappa shape index (κ3) is 5.45. The van der Waals surface area contributed by atoms with Gasteiger partial charge in [-0.1, -0.05) is 6.92 Å². The molecule has 8 heteroatoms. The first-order valence-electron chi connectivity index (χ1n) is 8.46. The van der Waals surface area contributed by atoms with Crippen molar-refractivity contribution in [3.8, 4) is 11.5 Å². The van der Waals surface area contributed by atoms with Gasteiger partial charge >= 0.3 is 0 Å². The van der Waals surface area contributed by atoms with Gasteiger partial charge in [0.1, 0.15) is 11.5 Å². The number of carbonyl (C=O) groups excluding carboxylic acids is 1. The molecule has 27 heavy (non-hydrogen) atoms. The van der Waals surface area contributed by atoms with Crippen LogP contribution in [-0.4, -0.2) is 34.6 Å². The fourth-order valence-electron chi connectivity index (χ4n) is 2.28. The van der Waals surface area contributed by atoms with E-state index < -0.39 is 10.0 Å². The molecule has 0 aliphatic heterocycles. The summed E-state index contributed by atoms with van der Waals surface area (Å²) < 4.78 is 37.4. The van der Waals surface area contributed by atoms with Crippen molar-refractivity contribution < 1.29 is 22.7 Å². The highest BCUT2D eigenvalue weighted by Crippen LogP contribution is 2.23. The number of anilines is 1. The monoisotopic (exact) mass is 392 g/mol. The number of hydrogen-bond acceptors (Lipinski definition) is 5. The molecule has 0 aromatic heterocycles. The first kappa shape index (κ1) is 20.7. The molecule has 2 aromatic carbocycles. The number of amides is 1. The van der Waals surface area contributed by atoms with E-state index in [4.69, 9.17) is 9.47 Å². The summed E-state index contributed by atoms with van der Waals surface area (Å²) in [4.78, 5) is 12.6. The molecule has 0 bridgehead atoms. The Balaban J connectivity index is 2.16. The van der Waals surface area contributed by atoms with Crippen LogP contribution in [0.3, 0.4) is 0 Å². The first-order valence-corrected chi connectivity index (χ1v) is 9.94. The molecule has 0 aliphatic rings. The molecule has 0 fully saturated rings. The van der Waals surface area contributed by atoms with E-state index in [9.17, 15) is 13.2 Å². The molecule has 7 nitrogen and oxygen atoms in total. The first-order chi connectivity index (χ1) is 12.8. The third-order valence-corrected chi connectivity index (χ3v) is 5.61. The number of benzene rings is 2. The summed E-state index contributed by atoms with van der Waals surface area (Å²) >= 11 is 0. The maximum absolute atomic E-state index is 12.5. The van der Waals surface area contributed by atoms with Crippen molar-refractivity contribution in [3.63, 3.8) is 0 Å². The normalized spacial score (nSPS) is 12.3. The van der Waals surface area contributed by atoms with E-state index in [0.717, 1.165) is 0 Å². The lowest BCUT2D eigenvalue weighted by Gasteiger charge is -2.13. The smallest absolute Gasteiger partial charge is 0.255 e. The van der Waals surface area contributed by atoms with Gasteiger partial charge in [0.05, 0.1) is 19.1 Å². The second-order valence-electron chi connectivity index (χ2n) is 6.01. The van der Waals surface area contributed by atoms with Crippen LogP contribution in [0.25, 0.3) is 0 Å². The number of ether oxygens (including phenoxy) is 2. The highest BCUT2D eigenvalue weighted by molar-refractivity contribution is 7.89. The molecular weight excluding hydrogens is 368 g/mol. The average molecular weight is 392 g/mol. The number of sulfonamides is 1.